The fourth-order valence-electron chi connectivity index (χ4n) is 2.35. The van der Waals surface area contributed by atoms with Crippen LogP contribution in [0.1, 0.15) is 33.3 Å². The number of fused-ring (bicyclic) bond motifs is 1. The van der Waals surface area contributed by atoms with Crippen molar-refractivity contribution in [3.63, 3.8) is 0 Å². The van der Waals surface area contributed by atoms with E-state index in [1.807, 2.05) is 42.5 Å². The smallest absolute Gasteiger partial charge is 0.408 e. The molecule has 0 unspecified atom stereocenters. The van der Waals surface area contributed by atoms with Gasteiger partial charge >= 0.3 is 6.09 Å². The number of hydrogen-bond donors (Lipinski definition) is 1. The third kappa shape index (κ3) is 3.45. The number of benzene rings is 2. The van der Waals surface area contributed by atoms with Gasteiger partial charge in [0.25, 0.3) is 0 Å². The molecule has 1 amide bonds. The molecule has 0 fully saturated rings. The van der Waals surface area contributed by atoms with Crippen molar-refractivity contribution in [2.75, 3.05) is 0 Å². The molecule has 1 atom stereocenters. The van der Waals surface area contributed by atoms with E-state index in [-0.39, 0.29) is 0 Å². The molecule has 0 heterocycles. The Bertz CT molecular complexity index is 698. The van der Waals surface area contributed by atoms with Crippen molar-refractivity contribution >= 4 is 23.2 Å². The third-order valence-corrected chi connectivity index (χ3v) is 3.35. The number of amides is 1. The van der Waals surface area contributed by atoms with Crippen LogP contribution >= 0.6 is 0 Å². The molecule has 22 heavy (non-hydrogen) atoms. The Morgan fingerprint density at radius 2 is 1.68 bits per heavy atom. The molecular formula is C18H21NO3. The predicted molar refractivity (Wildman–Crippen MR) is 86.7 cm³/mol. The van der Waals surface area contributed by atoms with Gasteiger partial charge < -0.3 is 14.8 Å². The summed E-state index contributed by atoms with van der Waals surface area (Å²) in [5, 5.41) is 4.62. The Hall–Kier alpha value is -2.36. The van der Waals surface area contributed by atoms with E-state index in [2.05, 4.69) is 5.32 Å². The van der Waals surface area contributed by atoms with Gasteiger partial charge in [-0.3, -0.25) is 0 Å². The van der Waals surface area contributed by atoms with Crippen LogP contribution in [0.4, 0.5) is 4.79 Å². The Labute approximate surface area is 130 Å². The van der Waals surface area contributed by atoms with Crippen molar-refractivity contribution in [2.45, 2.75) is 38.8 Å². The van der Waals surface area contributed by atoms with Crippen LogP contribution < -0.4 is 5.32 Å². The molecule has 116 valence electrons. The van der Waals surface area contributed by atoms with Crippen molar-refractivity contribution in [1.82, 2.24) is 5.32 Å². The number of aldehydes is 1. The highest BCUT2D eigenvalue weighted by molar-refractivity contribution is 5.91. The fourth-order valence-corrected chi connectivity index (χ4v) is 2.35. The van der Waals surface area contributed by atoms with Crippen molar-refractivity contribution < 1.29 is 14.3 Å². The third-order valence-electron chi connectivity index (χ3n) is 3.35. The lowest BCUT2D eigenvalue weighted by Crippen LogP contribution is -2.47. The summed E-state index contributed by atoms with van der Waals surface area (Å²) in [7, 11) is 0. The van der Waals surface area contributed by atoms with E-state index < -0.39 is 17.2 Å². The Balaban J connectivity index is 2.40. The Morgan fingerprint density at radius 1 is 1.05 bits per heavy atom. The summed E-state index contributed by atoms with van der Waals surface area (Å²) in [5.74, 6) is 0. The van der Waals surface area contributed by atoms with E-state index in [0.717, 1.165) is 22.6 Å². The summed E-state index contributed by atoms with van der Waals surface area (Å²) in [5.41, 5.74) is -1.03. The zero-order valence-corrected chi connectivity index (χ0v) is 13.3. The maximum atomic E-state index is 12.1. The van der Waals surface area contributed by atoms with Crippen molar-refractivity contribution in [2.24, 2.45) is 0 Å². The van der Waals surface area contributed by atoms with E-state index in [1.165, 1.54) is 0 Å². The zero-order valence-electron chi connectivity index (χ0n) is 13.3. The topological polar surface area (TPSA) is 55.4 Å². The lowest BCUT2D eigenvalue weighted by atomic mass is 9.89. The van der Waals surface area contributed by atoms with Crippen LogP contribution in [0.25, 0.3) is 10.8 Å². The van der Waals surface area contributed by atoms with Gasteiger partial charge in [0.2, 0.25) is 0 Å². The van der Waals surface area contributed by atoms with Crippen LogP contribution in [0.2, 0.25) is 0 Å². The van der Waals surface area contributed by atoms with Gasteiger partial charge in [0.05, 0.1) is 0 Å². The highest BCUT2D eigenvalue weighted by Gasteiger charge is 2.31. The molecule has 2 aromatic rings. The normalized spacial score (nSPS) is 14.2. The van der Waals surface area contributed by atoms with Gasteiger partial charge in [0.15, 0.2) is 0 Å². The molecule has 0 aliphatic heterocycles. The fraction of sp³-hybridized carbons (Fsp3) is 0.333. The van der Waals surface area contributed by atoms with Crippen LogP contribution in [0, 0.1) is 0 Å². The van der Waals surface area contributed by atoms with Gasteiger partial charge in [-0.2, -0.15) is 0 Å². The largest absolute Gasteiger partial charge is 0.444 e. The molecule has 0 saturated heterocycles. The molecule has 2 rings (SSSR count). The number of alkyl carbamates (subject to hydrolysis) is 1. The molecule has 4 nitrogen and oxygen atoms in total. The minimum Gasteiger partial charge on any atom is -0.444 e. The molecule has 0 aliphatic carbocycles. The Kier molecular flexibility index (Phi) is 4.22. The van der Waals surface area contributed by atoms with Crippen LogP contribution in [-0.4, -0.2) is 18.0 Å². The standard InChI is InChI=1S/C18H21NO3/c1-17(2,3)22-16(21)19-18(4,12-20)15-11-7-9-13-8-5-6-10-14(13)15/h5-12H,1-4H3,(H,19,21)/t18-/m0/s1. The maximum absolute atomic E-state index is 12.1. The summed E-state index contributed by atoms with van der Waals surface area (Å²) < 4.78 is 5.26. The summed E-state index contributed by atoms with van der Waals surface area (Å²) >= 11 is 0. The highest BCUT2D eigenvalue weighted by Crippen LogP contribution is 2.27. The minimum atomic E-state index is -1.15. The second-order valence-corrected chi connectivity index (χ2v) is 6.47. The van der Waals surface area contributed by atoms with E-state index in [4.69, 9.17) is 4.74 Å². The first kappa shape index (κ1) is 16.0. The number of rotatable bonds is 3. The van der Waals surface area contributed by atoms with Gasteiger partial charge in [-0.25, -0.2) is 4.79 Å². The van der Waals surface area contributed by atoms with E-state index in [0.29, 0.717) is 0 Å². The quantitative estimate of drug-likeness (QED) is 0.878. The first-order valence-corrected chi connectivity index (χ1v) is 7.21. The van der Waals surface area contributed by atoms with E-state index in [9.17, 15) is 9.59 Å². The molecule has 0 saturated carbocycles. The van der Waals surface area contributed by atoms with Gasteiger partial charge in [0.1, 0.15) is 17.4 Å². The molecule has 4 heteroatoms. The summed E-state index contributed by atoms with van der Waals surface area (Å²) in [6.07, 6.45) is 0.119. The zero-order chi connectivity index (χ0) is 16.4. The van der Waals surface area contributed by atoms with Gasteiger partial charge in [-0.1, -0.05) is 42.5 Å². The molecule has 0 aliphatic rings. The molecule has 0 aromatic heterocycles. The van der Waals surface area contributed by atoms with Gasteiger partial charge in [-0.05, 0) is 44.0 Å². The van der Waals surface area contributed by atoms with Crippen molar-refractivity contribution in [1.29, 1.82) is 0 Å². The lowest BCUT2D eigenvalue weighted by Gasteiger charge is -2.28. The number of carbonyl (C=O) groups is 2. The van der Waals surface area contributed by atoms with Crippen LogP contribution in [-0.2, 0) is 15.1 Å². The number of carbonyl (C=O) groups excluding carboxylic acids is 2. The second-order valence-electron chi connectivity index (χ2n) is 6.47. The average Bonchev–Trinajstić information content (AvgIpc) is 2.44. The molecular weight excluding hydrogens is 278 g/mol. The summed E-state index contributed by atoms with van der Waals surface area (Å²) in [4.78, 5) is 23.8. The lowest BCUT2D eigenvalue weighted by molar-refractivity contribution is -0.113. The van der Waals surface area contributed by atoms with E-state index in [1.54, 1.807) is 27.7 Å². The molecule has 2 aromatic carbocycles. The molecule has 1 N–H and O–H groups in total. The molecule has 0 radical (unpaired) electrons. The van der Waals surface area contributed by atoms with Crippen LogP contribution in [0.3, 0.4) is 0 Å². The second kappa shape index (κ2) is 5.79. The Morgan fingerprint density at radius 3 is 2.32 bits per heavy atom. The number of hydrogen-bond acceptors (Lipinski definition) is 3. The number of nitrogens with one attached hydrogen (secondary N) is 1. The van der Waals surface area contributed by atoms with Crippen LogP contribution in [0.5, 0.6) is 0 Å². The SMILES string of the molecule is CC(C)(C)OC(=O)N[C@@](C)(C=O)c1cccc2ccccc12. The van der Waals surface area contributed by atoms with Crippen molar-refractivity contribution in [3.8, 4) is 0 Å². The first-order valence-electron chi connectivity index (χ1n) is 7.21. The van der Waals surface area contributed by atoms with Crippen molar-refractivity contribution in [3.05, 3.63) is 48.0 Å². The first-order chi connectivity index (χ1) is 10.2. The highest BCUT2D eigenvalue weighted by atomic mass is 16.6. The average molecular weight is 299 g/mol. The van der Waals surface area contributed by atoms with Crippen LogP contribution in [0.15, 0.2) is 42.5 Å². The summed E-state index contributed by atoms with van der Waals surface area (Å²) in [6.45, 7) is 7.01. The summed E-state index contributed by atoms with van der Waals surface area (Å²) in [6, 6.07) is 13.4. The minimum absolute atomic E-state index is 0.616. The number of ether oxygens (including phenoxy) is 1. The molecule has 0 spiro atoms. The maximum Gasteiger partial charge on any atom is 0.408 e. The molecule has 0 bridgehead atoms. The van der Waals surface area contributed by atoms with Gasteiger partial charge in [-0.15, -0.1) is 0 Å². The van der Waals surface area contributed by atoms with Gasteiger partial charge in [0, 0.05) is 0 Å². The predicted octanol–water partition coefficient (Wildman–Crippen LogP) is 3.78. The monoisotopic (exact) mass is 299 g/mol. The van der Waals surface area contributed by atoms with E-state index >= 15 is 0 Å².